The summed E-state index contributed by atoms with van der Waals surface area (Å²) in [5.41, 5.74) is 5.70. The SMILES string of the molecule is CCN1Cc2ccccc2C(C2CCCC2)(C2CCN(CC3CN(c4ccc(C#N)cc4)C3)CC2)C1. The summed E-state index contributed by atoms with van der Waals surface area (Å²) >= 11 is 0. The zero-order chi connectivity index (χ0) is 24.5. The lowest BCUT2D eigenvalue weighted by Gasteiger charge is -2.54. The van der Waals surface area contributed by atoms with E-state index in [0.29, 0.717) is 5.41 Å². The topological polar surface area (TPSA) is 33.5 Å². The fraction of sp³-hybridized carbons (Fsp3) is 0.594. The van der Waals surface area contributed by atoms with Gasteiger partial charge < -0.3 is 9.80 Å². The summed E-state index contributed by atoms with van der Waals surface area (Å²) in [7, 11) is 0. The second-order valence-corrected chi connectivity index (χ2v) is 12.0. The Morgan fingerprint density at radius 3 is 2.28 bits per heavy atom. The zero-order valence-electron chi connectivity index (χ0n) is 22.0. The molecule has 0 N–H and O–H groups in total. The molecule has 190 valence electrons. The largest absolute Gasteiger partial charge is 0.371 e. The molecule has 2 aromatic rings. The Labute approximate surface area is 217 Å². The first kappa shape index (κ1) is 24.0. The number of likely N-dealkylation sites (N-methyl/N-ethyl adjacent to an activating group) is 1. The first-order chi connectivity index (χ1) is 17.7. The second kappa shape index (κ2) is 10.2. The lowest BCUT2D eigenvalue weighted by atomic mass is 9.57. The van der Waals surface area contributed by atoms with E-state index < -0.39 is 0 Å². The molecule has 36 heavy (non-hydrogen) atoms. The molecule has 4 heteroatoms. The molecule has 3 fully saturated rings. The van der Waals surface area contributed by atoms with Gasteiger partial charge in [-0.3, -0.25) is 4.90 Å². The highest BCUT2D eigenvalue weighted by atomic mass is 15.2. The van der Waals surface area contributed by atoms with Gasteiger partial charge in [0.15, 0.2) is 0 Å². The van der Waals surface area contributed by atoms with Crippen molar-refractivity contribution in [2.45, 2.75) is 57.4 Å². The minimum atomic E-state index is 0.357. The predicted molar refractivity (Wildman–Crippen MR) is 147 cm³/mol. The van der Waals surface area contributed by atoms with Crippen LogP contribution in [-0.4, -0.2) is 55.6 Å². The maximum atomic E-state index is 9.04. The predicted octanol–water partition coefficient (Wildman–Crippen LogP) is 5.67. The minimum absolute atomic E-state index is 0.357. The minimum Gasteiger partial charge on any atom is -0.371 e. The molecule has 0 amide bonds. The van der Waals surface area contributed by atoms with Gasteiger partial charge in [0, 0.05) is 49.7 Å². The number of rotatable bonds is 6. The van der Waals surface area contributed by atoms with Gasteiger partial charge in [0.2, 0.25) is 0 Å². The molecule has 2 aromatic carbocycles. The van der Waals surface area contributed by atoms with Crippen molar-refractivity contribution in [1.82, 2.24) is 9.80 Å². The van der Waals surface area contributed by atoms with E-state index in [1.807, 2.05) is 12.1 Å². The van der Waals surface area contributed by atoms with E-state index in [9.17, 15) is 0 Å². The molecule has 0 aromatic heterocycles. The number of anilines is 1. The molecule has 0 spiro atoms. The monoisotopic (exact) mass is 482 g/mol. The van der Waals surface area contributed by atoms with Crippen LogP contribution in [0.5, 0.6) is 0 Å². The maximum absolute atomic E-state index is 9.04. The molecule has 0 radical (unpaired) electrons. The summed E-state index contributed by atoms with van der Waals surface area (Å²) in [4.78, 5) is 7.98. The summed E-state index contributed by atoms with van der Waals surface area (Å²) in [6.45, 7) is 12.0. The third-order valence-corrected chi connectivity index (χ3v) is 10.1. The fourth-order valence-electron chi connectivity index (χ4n) is 8.20. The number of nitriles is 1. The molecule has 2 saturated heterocycles. The average molecular weight is 483 g/mol. The van der Waals surface area contributed by atoms with Crippen molar-refractivity contribution in [3.8, 4) is 6.07 Å². The van der Waals surface area contributed by atoms with Gasteiger partial charge in [-0.1, -0.05) is 44.0 Å². The summed E-state index contributed by atoms with van der Waals surface area (Å²) in [6.07, 6.45) is 8.43. The Morgan fingerprint density at radius 1 is 0.889 bits per heavy atom. The first-order valence-electron chi connectivity index (χ1n) is 14.5. The summed E-state index contributed by atoms with van der Waals surface area (Å²) in [5.74, 6) is 2.44. The van der Waals surface area contributed by atoms with Gasteiger partial charge in [-0.25, -0.2) is 0 Å². The van der Waals surface area contributed by atoms with Crippen molar-refractivity contribution in [2.24, 2.45) is 17.8 Å². The van der Waals surface area contributed by atoms with Crippen LogP contribution in [0.25, 0.3) is 0 Å². The second-order valence-electron chi connectivity index (χ2n) is 12.0. The van der Waals surface area contributed by atoms with Crippen molar-refractivity contribution in [2.75, 3.05) is 50.7 Å². The molecule has 0 bridgehead atoms. The van der Waals surface area contributed by atoms with E-state index in [1.54, 1.807) is 11.1 Å². The van der Waals surface area contributed by atoms with Gasteiger partial charge in [-0.2, -0.15) is 5.26 Å². The number of benzene rings is 2. The molecule has 3 aliphatic heterocycles. The summed E-state index contributed by atoms with van der Waals surface area (Å²) in [5, 5.41) is 9.04. The third-order valence-electron chi connectivity index (χ3n) is 10.1. The van der Waals surface area contributed by atoms with Gasteiger partial charge in [0.25, 0.3) is 0 Å². The van der Waals surface area contributed by atoms with Crippen LogP contribution in [0.1, 0.15) is 62.1 Å². The first-order valence-corrected chi connectivity index (χ1v) is 14.5. The Morgan fingerprint density at radius 2 is 1.58 bits per heavy atom. The maximum Gasteiger partial charge on any atom is 0.0991 e. The highest BCUT2D eigenvalue weighted by Gasteiger charge is 2.51. The average Bonchev–Trinajstić information content (AvgIpc) is 3.46. The molecule has 1 aliphatic carbocycles. The van der Waals surface area contributed by atoms with Crippen LogP contribution in [0.2, 0.25) is 0 Å². The van der Waals surface area contributed by atoms with E-state index >= 15 is 0 Å². The van der Waals surface area contributed by atoms with Gasteiger partial charge in [-0.05, 0) is 92.5 Å². The Hall–Kier alpha value is -2.35. The summed E-state index contributed by atoms with van der Waals surface area (Å²) < 4.78 is 0. The van der Waals surface area contributed by atoms with Crippen LogP contribution in [0.15, 0.2) is 48.5 Å². The van der Waals surface area contributed by atoms with Gasteiger partial charge in [0.1, 0.15) is 0 Å². The van der Waals surface area contributed by atoms with Crippen LogP contribution in [-0.2, 0) is 12.0 Å². The van der Waals surface area contributed by atoms with Crippen molar-refractivity contribution in [1.29, 1.82) is 5.26 Å². The van der Waals surface area contributed by atoms with Crippen LogP contribution in [0.3, 0.4) is 0 Å². The van der Waals surface area contributed by atoms with E-state index in [2.05, 4.69) is 64.1 Å². The molecule has 1 atom stereocenters. The van der Waals surface area contributed by atoms with E-state index in [1.165, 1.54) is 76.9 Å². The normalized spacial score (nSPS) is 26.5. The number of fused-ring (bicyclic) bond motifs is 1. The highest BCUT2D eigenvalue weighted by molar-refractivity contribution is 5.51. The quantitative estimate of drug-likeness (QED) is 0.531. The van der Waals surface area contributed by atoms with Crippen LogP contribution in [0.4, 0.5) is 5.69 Å². The van der Waals surface area contributed by atoms with E-state index in [0.717, 1.165) is 43.0 Å². The number of piperidine rings is 1. The fourth-order valence-corrected chi connectivity index (χ4v) is 8.20. The van der Waals surface area contributed by atoms with Crippen molar-refractivity contribution < 1.29 is 0 Å². The van der Waals surface area contributed by atoms with Crippen LogP contribution >= 0.6 is 0 Å². The lowest BCUT2D eigenvalue weighted by molar-refractivity contribution is 0.0359. The molecule has 1 unspecified atom stereocenters. The van der Waals surface area contributed by atoms with Crippen LogP contribution < -0.4 is 4.90 Å². The standard InChI is InChI=1S/C32H42N4/c1-2-34-23-27-7-3-6-10-31(27)32(24-34,28-8-4-5-9-28)29-15-17-35(18-16-29)20-26-21-36(22-26)30-13-11-25(19-33)12-14-30/h3,6-7,10-14,26,28-29H,2,4-5,8-9,15-18,20-24H2,1H3. The van der Waals surface area contributed by atoms with Gasteiger partial charge in [0.05, 0.1) is 11.6 Å². The van der Waals surface area contributed by atoms with E-state index in [4.69, 9.17) is 5.26 Å². The van der Waals surface area contributed by atoms with Crippen molar-refractivity contribution in [3.05, 3.63) is 65.2 Å². The van der Waals surface area contributed by atoms with Gasteiger partial charge >= 0.3 is 0 Å². The molecule has 1 saturated carbocycles. The Balaban J connectivity index is 1.12. The smallest absolute Gasteiger partial charge is 0.0991 e. The van der Waals surface area contributed by atoms with E-state index in [-0.39, 0.29) is 0 Å². The molecule has 6 rings (SSSR count). The lowest BCUT2D eigenvalue weighted by Crippen LogP contribution is -2.57. The number of likely N-dealkylation sites (tertiary alicyclic amines) is 1. The molecule has 3 heterocycles. The number of hydrogen-bond acceptors (Lipinski definition) is 4. The molecular formula is C32H42N4. The van der Waals surface area contributed by atoms with Crippen molar-refractivity contribution in [3.63, 3.8) is 0 Å². The highest BCUT2D eigenvalue weighted by Crippen LogP contribution is 2.53. The van der Waals surface area contributed by atoms with Crippen molar-refractivity contribution >= 4 is 5.69 Å². The number of hydrogen-bond donors (Lipinski definition) is 0. The number of nitrogens with zero attached hydrogens (tertiary/aromatic N) is 4. The van der Waals surface area contributed by atoms with Crippen LogP contribution in [0, 0.1) is 29.1 Å². The molecule has 4 nitrogen and oxygen atoms in total. The summed E-state index contributed by atoms with van der Waals surface area (Å²) in [6, 6.07) is 19.8. The van der Waals surface area contributed by atoms with Gasteiger partial charge in [-0.15, -0.1) is 0 Å². The molecular weight excluding hydrogens is 440 g/mol. The molecule has 4 aliphatic rings. The Kier molecular flexibility index (Phi) is 6.80. The third kappa shape index (κ3) is 4.35. The Bertz CT molecular complexity index is 1070. The zero-order valence-corrected chi connectivity index (χ0v) is 22.0.